The average Bonchev–Trinajstić information content (AvgIpc) is 3.29. The van der Waals surface area contributed by atoms with Crippen molar-refractivity contribution in [2.75, 3.05) is 13.9 Å². The van der Waals surface area contributed by atoms with Crippen molar-refractivity contribution in [3.63, 3.8) is 0 Å². The Balaban J connectivity index is 1.55. The van der Waals surface area contributed by atoms with E-state index in [1.807, 2.05) is 49.4 Å². The van der Waals surface area contributed by atoms with Crippen LogP contribution in [0.15, 0.2) is 64.5 Å². The molecule has 2 N–H and O–H groups in total. The Bertz CT molecular complexity index is 1340. The molecule has 0 bridgehead atoms. The Morgan fingerprint density at radius 2 is 1.82 bits per heavy atom. The van der Waals surface area contributed by atoms with Crippen LogP contribution in [0.5, 0.6) is 28.7 Å². The number of halogens is 1. The van der Waals surface area contributed by atoms with E-state index in [0.717, 1.165) is 16.7 Å². The number of aryl methyl sites for hydroxylation is 1. The van der Waals surface area contributed by atoms with Crippen LogP contribution < -0.4 is 29.4 Å². The van der Waals surface area contributed by atoms with E-state index in [-0.39, 0.29) is 12.7 Å². The number of ether oxygens (including phenoxy) is 5. The summed E-state index contributed by atoms with van der Waals surface area (Å²) in [6.07, 6.45) is 0. The van der Waals surface area contributed by atoms with Gasteiger partial charge in [0.25, 0.3) is 0 Å². The van der Waals surface area contributed by atoms with Crippen molar-refractivity contribution in [3.05, 3.63) is 86.7 Å². The molecule has 2 aliphatic rings. The largest absolute Gasteiger partial charge is 0.493 e. The standard InChI is InChI=1S/C26H21BrN2O5/c1-14-3-5-15(6-4-14)12-31-25-19(27)7-16(8-23(25)30-2)24-17-9-21-22(33-13-32-21)10-20(17)34-26(29)18(24)11-28/h3-10,24H,12-13,29H2,1-2H3/t24-/m0/s1. The summed E-state index contributed by atoms with van der Waals surface area (Å²) < 4.78 is 29.2. The van der Waals surface area contributed by atoms with Gasteiger partial charge in [-0.05, 0) is 52.2 Å². The lowest BCUT2D eigenvalue weighted by Crippen LogP contribution is -2.21. The smallest absolute Gasteiger partial charge is 0.231 e. The van der Waals surface area contributed by atoms with Crippen LogP contribution in [0.3, 0.4) is 0 Å². The number of hydrogen-bond donors (Lipinski definition) is 1. The minimum absolute atomic E-state index is 0.0497. The van der Waals surface area contributed by atoms with E-state index in [2.05, 4.69) is 22.0 Å². The van der Waals surface area contributed by atoms with Crippen LogP contribution in [0.1, 0.15) is 28.2 Å². The molecular weight excluding hydrogens is 500 g/mol. The zero-order chi connectivity index (χ0) is 23.8. The van der Waals surface area contributed by atoms with Gasteiger partial charge in [0.15, 0.2) is 23.0 Å². The molecule has 5 rings (SSSR count). The third-order valence-electron chi connectivity index (χ3n) is 5.80. The van der Waals surface area contributed by atoms with Crippen molar-refractivity contribution in [2.45, 2.75) is 19.4 Å². The summed E-state index contributed by atoms with van der Waals surface area (Å²) in [5.41, 5.74) is 10.2. The summed E-state index contributed by atoms with van der Waals surface area (Å²) in [7, 11) is 1.58. The second kappa shape index (κ2) is 8.84. The summed E-state index contributed by atoms with van der Waals surface area (Å²) >= 11 is 3.63. The van der Waals surface area contributed by atoms with E-state index in [9.17, 15) is 5.26 Å². The van der Waals surface area contributed by atoms with Crippen molar-refractivity contribution >= 4 is 15.9 Å². The molecule has 2 heterocycles. The van der Waals surface area contributed by atoms with Crippen LogP contribution >= 0.6 is 15.9 Å². The first-order valence-corrected chi connectivity index (χ1v) is 11.3. The highest BCUT2D eigenvalue weighted by Gasteiger charge is 2.34. The van der Waals surface area contributed by atoms with Crippen LogP contribution in [0.2, 0.25) is 0 Å². The molecule has 7 nitrogen and oxygen atoms in total. The Morgan fingerprint density at radius 3 is 2.53 bits per heavy atom. The van der Waals surface area contributed by atoms with E-state index in [1.165, 1.54) is 5.56 Å². The van der Waals surface area contributed by atoms with Crippen molar-refractivity contribution in [2.24, 2.45) is 5.73 Å². The van der Waals surface area contributed by atoms with E-state index < -0.39 is 5.92 Å². The highest BCUT2D eigenvalue weighted by molar-refractivity contribution is 9.10. The Kier molecular flexibility index (Phi) is 5.72. The Labute approximate surface area is 205 Å². The van der Waals surface area contributed by atoms with Crippen LogP contribution in [0, 0.1) is 18.3 Å². The molecule has 3 aromatic carbocycles. The normalized spacial score (nSPS) is 15.9. The molecule has 0 saturated heterocycles. The molecule has 0 unspecified atom stereocenters. The Morgan fingerprint density at radius 1 is 1.09 bits per heavy atom. The molecule has 0 saturated carbocycles. The Hall–Kier alpha value is -3.83. The molecule has 34 heavy (non-hydrogen) atoms. The molecule has 0 spiro atoms. The van der Waals surface area contributed by atoms with Gasteiger partial charge in [-0.15, -0.1) is 0 Å². The summed E-state index contributed by atoms with van der Waals surface area (Å²) in [5, 5.41) is 9.90. The second-order valence-corrected chi connectivity index (χ2v) is 8.83. The van der Waals surface area contributed by atoms with Gasteiger partial charge in [0, 0.05) is 11.6 Å². The molecule has 0 radical (unpaired) electrons. The second-order valence-electron chi connectivity index (χ2n) is 7.98. The number of methoxy groups -OCH3 is 1. The molecule has 0 aliphatic carbocycles. The average molecular weight is 521 g/mol. The zero-order valence-corrected chi connectivity index (χ0v) is 20.1. The fraction of sp³-hybridized carbons (Fsp3) is 0.192. The van der Waals surface area contributed by atoms with Crippen molar-refractivity contribution in [1.82, 2.24) is 0 Å². The van der Waals surface area contributed by atoms with E-state index >= 15 is 0 Å². The van der Waals surface area contributed by atoms with E-state index in [0.29, 0.717) is 45.4 Å². The van der Waals surface area contributed by atoms with E-state index in [4.69, 9.17) is 29.4 Å². The number of nitrogens with zero attached hydrogens (tertiary/aromatic N) is 1. The number of rotatable bonds is 5. The number of nitriles is 1. The molecule has 3 aromatic rings. The molecule has 0 fully saturated rings. The maximum Gasteiger partial charge on any atom is 0.231 e. The fourth-order valence-electron chi connectivity index (χ4n) is 4.08. The lowest BCUT2D eigenvalue weighted by Gasteiger charge is -2.27. The summed E-state index contributed by atoms with van der Waals surface area (Å²) in [5.74, 6) is 2.34. The first kappa shape index (κ1) is 22.0. The third-order valence-corrected chi connectivity index (χ3v) is 6.39. The van der Waals surface area contributed by atoms with Crippen molar-refractivity contribution < 1.29 is 23.7 Å². The maximum atomic E-state index is 9.90. The summed E-state index contributed by atoms with van der Waals surface area (Å²) in [4.78, 5) is 0. The third kappa shape index (κ3) is 3.88. The monoisotopic (exact) mass is 520 g/mol. The fourth-order valence-corrected chi connectivity index (χ4v) is 4.65. The predicted molar refractivity (Wildman–Crippen MR) is 128 cm³/mol. The number of fused-ring (bicyclic) bond motifs is 2. The molecular formula is C26H21BrN2O5. The lowest BCUT2D eigenvalue weighted by molar-refractivity contribution is 0.174. The topological polar surface area (TPSA) is 96.0 Å². The highest BCUT2D eigenvalue weighted by atomic mass is 79.9. The summed E-state index contributed by atoms with van der Waals surface area (Å²) in [6, 6.07) is 17.7. The number of nitrogens with two attached hydrogens (primary N) is 1. The van der Waals surface area contributed by atoms with Gasteiger partial charge in [0.05, 0.1) is 17.5 Å². The molecule has 2 aliphatic heterocycles. The molecule has 0 amide bonds. The number of allylic oxidation sites excluding steroid dienone is 1. The summed E-state index contributed by atoms with van der Waals surface area (Å²) in [6.45, 7) is 2.55. The minimum atomic E-state index is -0.486. The van der Waals surface area contributed by atoms with Crippen LogP contribution in [0.4, 0.5) is 0 Å². The van der Waals surface area contributed by atoms with Gasteiger partial charge in [-0.1, -0.05) is 29.8 Å². The van der Waals surface area contributed by atoms with E-state index in [1.54, 1.807) is 13.2 Å². The van der Waals surface area contributed by atoms with Gasteiger partial charge in [0.1, 0.15) is 24.0 Å². The van der Waals surface area contributed by atoms with Crippen molar-refractivity contribution in [1.29, 1.82) is 5.26 Å². The first-order valence-electron chi connectivity index (χ1n) is 10.6. The predicted octanol–water partition coefficient (Wildman–Crippen LogP) is 5.29. The SMILES string of the molecule is COc1cc([C@@H]2C(C#N)=C(N)Oc3cc4c(cc32)OCO4)cc(Br)c1OCc1ccc(C)cc1. The van der Waals surface area contributed by atoms with Gasteiger partial charge < -0.3 is 29.4 Å². The first-order chi connectivity index (χ1) is 16.5. The van der Waals surface area contributed by atoms with Gasteiger partial charge in [-0.25, -0.2) is 0 Å². The van der Waals surface area contributed by atoms with Crippen LogP contribution in [0.25, 0.3) is 0 Å². The lowest BCUT2D eigenvalue weighted by atomic mass is 9.83. The molecule has 172 valence electrons. The quantitative estimate of drug-likeness (QED) is 0.487. The molecule has 1 atom stereocenters. The van der Waals surface area contributed by atoms with Crippen LogP contribution in [-0.2, 0) is 6.61 Å². The van der Waals surface area contributed by atoms with Crippen LogP contribution in [-0.4, -0.2) is 13.9 Å². The van der Waals surface area contributed by atoms with Gasteiger partial charge in [-0.3, -0.25) is 0 Å². The zero-order valence-electron chi connectivity index (χ0n) is 18.6. The number of hydrogen-bond acceptors (Lipinski definition) is 7. The molecule has 0 aromatic heterocycles. The molecule has 8 heteroatoms. The van der Waals surface area contributed by atoms with Gasteiger partial charge in [0.2, 0.25) is 12.7 Å². The van der Waals surface area contributed by atoms with Gasteiger partial charge in [-0.2, -0.15) is 5.26 Å². The van der Waals surface area contributed by atoms with Gasteiger partial charge >= 0.3 is 0 Å². The minimum Gasteiger partial charge on any atom is -0.493 e. The highest BCUT2D eigenvalue weighted by Crippen LogP contribution is 2.50. The maximum absolute atomic E-state index is 9.90. The van der Waals surface area contributed by atoms with Crippen molar-refractivity contribution in [3.8, 4) is 34.8 Å². The number of benzene rings is 3.